The fourth-order valence-electron chi connectivity index (χ4n) is 2.31. The van der Waals surface area contributed by atoms with Gasteiger partial charge in [0.15, 0.2) is 0 Å². The van der Waals surface area contributed by atoms with Crippen molar-refractivity contribution in [2.24, 2.45) is 5.10 Å². The molecule has 0 bridgehead atoms. The van der Waals surface area contributed by atoms with E-state index in [1.54, 1.807) is 36.4 Å². The zero-order valence-electron chi connectivity index (χ0n) is 14.7. The molecule has 0 spiro atoms. The van der Waals surface area contributed by atoms with Crippen LogP contribution in [-0.4, -0.2) is 20.5 Å². The zero-order valence-corrected chi connectivity index (χ0v) is 17.1. The van der Waals surface area contributed by atoms with Gasteiger partial charge in [-0.25, -0.2) is 5.43 Å². The SMILES string of the molecule is O=C(N/N=C\c1cccc(OS(=O)(=O)c2ccccc2)c1)c1ccc(Cl)cc1Cl. The molecule has 0 aliphatic rings. The lowest BCUT2D eigenvalue weighted by Crippen LogP contribution is -2.18. The highest BCUT2D eigenvalue weighted by molar-refractivity contribution is 7.87. The van der Waals surface area contributed by atoms with Gasteiger partial charge in [-0.15, -0.1) is 0 Å². The Morgan fingerprint density at radius 1 is 0.966 bits per heavy atom. The molecule has 3 aromatic rings. The highest BCUT2D eigenvalue weighted by Gasteiger charge is 2.16. The lowest BCUT2D eigenvalue weighted by molar-refractivity contribution is 0.0955. The van der Waals surface area contributed by atoms with E-state index >= 15 is 0 Å². The number of nitrogens with one attached hydrogen (secondary N) is 1. The van der Waals surface area contributed by atoms with Gasteiger partial charge in [-0.3, -0.25) is 4.79 Å². The number of benzene rings is 3. The molecule has 0 atom stereocenters. The van der Waals surface area contributed by atoms with Crippen molar-refractivity contribution in [2.45, 2.75) is 4.90 Å². The molecular formula is C20H14Cl2N2O4S. The Bertz CT molecular complexity index is 1170. The van der Waals surface area contributed by atoms with Crippen molar-refractivity contribution in [3.05, 3.63) is 94.0 Å². The standard InChI is InChI=1S/C20H14Cl2N2O4S/c21-15-9-10-18(19(22)12-15)20(25)24-23-13-14-5-4-6-16(11-14)28-29(26,27)17-7-2-1-3-8-17/h1-13H,(H,24,25)/b23-13-. The normalized spacial score (nSPS) is 11.4. The van der Waals surface area contributed by atoms with E-state index in [9.17, 15) is 13.2 Å². The molecule has 0 aliphatic carbocycles. The Labute approximate surface area is 177 Å². The minimum absolute atomic E-state index is 0.0474. The van der Waals surface area contributed by atoms with Crippen LogP contribution in [-0.2, 0) is 10.1 Å². The summed E-state index contributed by atoms with van der Waals surface area (Å²) < 4.78 is 29.7. The maximum atomic E-state index is 12.3. The van der Waals surface area contributed by atoms with Crippen LogP contribution in [0.2, 0.25) is 10.0 Å². The number of amides is 1. The maximum Gasteiger partial charge on any atom is 0.339 e. The monoisotopic (exact) mass is 448 g/mol. The largest absolute Gasteiger partial charge is 0.379 e. The van der Waals surface area contributed by atoms with Crippen molar-refractivity contribution in [1.82, 2.24) is 5.43 Å². The van der Waals surface area contributed by atoms with E-state index in [2.05, 4.69) is 10.5 Å². The first-order valence-corrected chi connectivity index (χ1v) is 10.4. The van der Waals surface area contributed by atoms with Gasteiger partial charge < -0.3 is 4.18 Å². The molecule has 0 saturated carbocycles. The third kappa shape index (κ3) is 5.57. The summed E-state index contributed by atoms with van der Waals surface area (Å²) in [6, 6.07) is 18.5. The molecule has 0 heterocycles. The molecule has 0 fully saturated rings. The van der Waals surface area contributed by atoms with Crippen molar-refractivity contribution >= 4 is 45.4 Å². The first-order chi connectivity index (χ1) is 13.8. The Hall–Kier alpha value is -2.87. The van der Waals surface area contributed by atoms with Gasteiger partial charge in [0, 0.05) is 5.02 Å². The molecule has 0 radical (unpaired) electrons. The van der Waals surface area contributed by atoms with Crippen molar-refractivity contribution in [2.75, 3.05) is 0 Å². The Balaban J connectivity index is 1.69. The second-order valence-corrected chi connectivity index (χ2v) is 8.14. The first kappa shape index (κ1) is 20.9. The molecule has 6 nitrogen and oxygen atoms in total. The molecule has 148 valence electrons. The summed E-state index contributed by atoms with van der Waals surface area (Å²) >= 11 is 11.8. The molecule has 0 unspecified atom stereocenters. The van der Waals surface area contributed by atoms with Crippen molar-refractivity contribution in [1.29, 1.82) is 0 Å². The summed E-state index contributed by atoms with van der Waals surface area (Å²) in [6.07, 6.45) is 1.35. The van der Waals surface area contributed by atoms with Gasteiger partial charge in [-0.1, -0.05) is 53.5 Å². The molecule has 0 aromatic heterocycles. The first-order valence-electron chi connectivity index (χ1n) is 8.23. The number of nitrogens with zero attached hydrogens (tertiary/aromatic N) is 1. The smallest absolute Gasteiger partial charge is 0.339 e. The second-order valence-electron chi connectivity index (χ2n) is 5.75. The van der Waals surface area contributed by atoms with E-state index < -0.39 is 16.0 Å². The van der Waals surface area contributed by atoms with Gasteiger partial charge in [-0.05, 0) is 48.0 Å². The van der Waals surface area contributed by atoms with E-state index in [4.69, 9.17) is 27.4 Å². The topological polar surface area (TPSA) is 84.8 Å². The minimum atomic E-state index is -3.95. The quantitative estimate of drug-likeness (QED) is 0.341. The number of halogens is 2. The van der Waals surface area contributed by atoms with Crippen molar-refractivity contribution in [3.8, 4) is 5.75 Å². The highest BCUT2D eigenvalue weighted by atomic mass is 35.5. The molecule has 0 saturated heterocycles. The summed E-state index contributed by atoms with van der Waals surface area (Å²) in [4.78, 5) is 12.2. The van der Waals surface area contributed by atoms with Gasteiger partial charge >= 0.3 is 10.1 Å². The Kier molecular flexibility index (Phi) is 6.53. The predicted molar refractivity (Wildman–Crippen MR) is 112 cm³/mol. The van der Waals surface area contributed by atoms with Gasteiger partial charge in [0.1, 0.15) is 10.6 Å². The van der Waals surface area contributed by atoms with E-state index in [1.165, 1.54) is 42.6 Å². The Morgan fingerprint density at radius 3 is 2.45 bits per heavy atom. The lowest BCUT2D eigenvalue weighted by atomic mass is 10.2. The number of carbonyl (C=O) groups excluding carboxylic acids is 1. The highest BCUT2D eigenvalue weighted by Crippen LogP contribution is 2.21. The van der Waals surface area contributed by atoms with E-state index in [0.29, 0.717) is 10.6 Å². The summed E-state index contributed by atoms with van der Waals surface area (Å²) in [5.41, 5.74) is 3.09. The predicted octanol–water partition coefficient (Wildman–Crippen LogP) is 4.53. The fourth-order valence-corrected chi connectivity index (χ4v) is 3.75. The number of hydrogen-bond acceptors (Lipinski definition) is 5. The number of hydrogen-bond donors (Lipinski definition) is 1. The molecule has 3 aromatic carbocycles. The Morgan fingerprint density at radius 2 is 1.72 bits per heavy atom. The second kappa shape index (κ2) is 9.09. The van der Waals surface area contributed by atoms with Crippen LogP contribution in [0, 0.1) is 0 Å². The fraction of sp³-hybridized carbons (Fsp3) is 0. The minimum Gasteiger partial charge on any atom is -0.379 e. The van der Waals surface area contributed by atoms with Crippen molar-refractivity contribution in [3.63, 3.8) is 0 Å². The average Bonchev–Trinajstić information content (AvgIpc) is 2.68. The summed E-state index contributed by atoms with van der Waals surface area (Å²) in [5, 5.41) is 4.47. The van der Waals surface area contributed by atoms with Crippen LogP contribution in [0.4, 0.5) is 0 Å². The van der Waals surface area contributed by atoms with Gasteiger partial charge in [0.25, 0.3) is 5.91 Å². The van der Waals surface area contributed by atoms with Crippen molar-refractivity contribution < 1.29 is 17.4 Å². The van der Waals surface area contributed by atoms with Crippen LogP contribution in [0.5, 0.6) is 5.75 Å². The van der Waals surface area contributed by atoms with Crippen LogP contribution in [0.1, 0.15) is 15.9 Å². The zero-order chi connectivity index (χ0) is 20.9. The van der Waals surface area contributed by atoms with Crippen LogP contribution < -0.4 is 9.61 Å². The molecule has 1 amide bonds. The molecular weight excluding hydrogens is 435 g/mol. The molecule has 9 heteroatoms. The molecule has 29 heavy (non-hydrogen) atoms. The third-order valence-electron chi connectivity index (χ3n) is 3.65. The lowest BCUT2D eigenvalue weighted by Gasteiger charge is -2.07. The molecule has 3 rings (SSSR count). The number of hydrazone groups is 1. The maximum absolute atomic E-state index is 12.3. The number of carbonyl (C=O) groups is 1. The number of rotatable bonds is 6. The van der Waals surface area contributed by atoms with Crippen LogP contribution >= 0.6 is 23.2 Å². The molecule has 1 N–H and O–H groups in total. The molecule has 0 aliphatic heterocycles. The van der Waals surface area contributed by atoms with Gasteiger partial charge in [0.2, 0.25) is 0 Å². The van der Waals surface area contributed by atoms with E-state index in [1.807, 2.05) is 0 Å². The van der Waals surface area contributed by atoms with Crippen LogP contribution in [0.25, 0.3) is 0 Å². The van der Waals surface area contributed by atoms with Crippen LogP contribution in [0.15, 0.2) is 82.8 Å². The summed E-state index contributed by atoms with van der Waals surface area (Å²) in [7, 11) is -3.95. The van der Waals surface area contributed by atoms with Gasteiger partial charge in [0.05, 0.1) is 16.8 Å². The summed E-state index contributed by atoms with van der Waals surface area (Å²) in [5.74, 6) is -0.396. The van der Waals surface area contributed by atoms with Crippen LogP contribution in [0.3, 0.4) is 0 Å². The van der Waals surface area contributed by atoms with E-state index in [0.717, 1.165) is 0 Å². The summed E-state index contributed by atoms with van der Waals surface area (Å²) in [6.45, 7) is 0. The van der Waals surface area contributed by atoms with E-state index in [-0.39, 0.29) is 21.2 Å². The third-order valence-corrected chi connectivity index (χ3v) is 5.46. The van der Waals surface area contributed by atoms with Gasteiger partial charge in [-0.2, -0.15) is 13.5 Å². The average molecular weight is 449 g/mol.